The first-order chi connectivity index (χ1) is 11.7. The van der Waals surface area contributed by atoms with Gasteiger partial charge in [0.25, 0.3) is 0 Å². The number of aryl methyl sites for hydroxylation is 1. The second-order valence-corrected chi connectivity index (χ2v) is 6.34. The molecule has 0 unspecified atom stereocenters. The molecular formula is C19H18FN3S. The zero-order valence-corrected chi connectivity index (χ0v) is 14.3. The van der Waals surface area contributed by atoms with Crippen LogP contribution in [0, 0.1) is 12.7 Å². The molecule has 1 heterocycles. The molecule has 3 rings (SSSR count). The molecule has 0 saturated heterocycles. The van der Waals surface area contributed by atoms with Gasteiger partial charge in [-0.2, -0.15) is 0 Å². The van der Waals surface area contributed by atoms with Crippen molar-refractivity contribution in [3.8, 4) is 11.4 Å². The Balaban J connectivity index is 1.90. The standard InChI is InChI=1S/C19H18FN3S/c1-3-12-23-18(16-10-6-7-11-17(16)20)21-22-19(23)24-13-15-9-5-4-8-14(15)2/h3-11H,1,12-13H2,2H3. The Morgan fingerprint density at radius 2 is 1.88 bits per heavy atom. The van der Waals surface area contributed by atoms with Crippen molar-refractivity contribution in [3.05, 3.63) is 78.1 Å². The third-order valence-electron chi connectivity index (χ3n) is 3.76. The van der Waals surface area contributed by atoms with E-state index in [4.69, 9.17) is 0 Å². The van der Waals surface area contributed by atoms with Gasteiger partial charge in [-0.15, -0.1) is 16.8 Å². The van der Waals surface area contributed by atoms with Crippen molar-refractivity contribution in [1.29, 1.82) is 0 Å². The smallest absolute Gasteiger partial charge is 0.192 e. The Bertz CT molecular complexity index is 857. The Labute approximate surface area is 145 Å². The van der Waals surface area contributed by atoms with Crippen molar-refractivity contribution in [3.63, 3.8) is 0 Å². The molecule has 0 bridgehead atoms. The predicted octanol–water partition coefficient (Wildman–Crippen LogP) is 4.87. The van der Waals surface area contributed by atoms with E-state index in [9.17, 15) is 4.39 Å². The number of hydrogen-bond donors (Lipinski definition) is 0. The van der Waals surface area contributed by atoms with E-state index in [0.29, 0.717) is 17.9 Å². The highest BCUT2D eigenvalue weighted by Crippen LogP contribution is 2.28. The van der Waals surface area contributed by atoms with Gasteiger partial charge in [-0.1, -0.05) is 54.2 Å². The van der Waals surface area contributed by atoms with E-state index in [-0.39, 0.29) is 5.82 Å². The lowest BCUT2D eigenvalue weighted by atomic mass is 10.1. The van der Waals surface area contributed by atoms with Crippen LogP contribution < -0.4 is 0 Å². The summed E-state index contributed by atoms with van der Waals surface area (Å²) < 4.78 is 16.0. The number of hydrogen-bond acceptors (Lipinski definition) is 3. The minimum absolute atomic E-state index is 0.300. The highest BCUT2D eigenvalue weighted by atomic mass is 32.2. The molecule has 24 heavy (non-hydrogen) atoms. The summed E-state index contributed by atoms with van der Waals surface area (Å²) in [6.45, 7) is 6.41. The number of halogens is 1. The summed E-state index contributed by atoms with van der Waals surface area (Å²) in [6, 6.07) is 14.9. The van der Waals surface area contributed by atoms with Gasteiger partial charge in [0, 0.05) is 12.3 Å². The molecule has 2 aromatic carbocycles. The van der Waals surface area contributed by atoms with Gasteiger partial charge in [0.1, 0.15) is 5.82 Å². The van der Waals surface area contributed by atoms with Crippen LogP contribution >= 0.6 is 11.8 Å². The molecule has 0 radical (unpaired) electrons. The maximum absolute atomic E-state index is 14.1. The first-order valence-corrected chi connectivity index (χ1v) is 8.65. The zero-order chi connectivity index (χ0) is 16.9. The molecule has 1 aromatic heterocycles. The van der Waals surface area contributed by atoms with E-state index in [1.165, 1.54) is 17.2 Å². The van der Waals surface area contributed by atoms with Crippen LogP contribution in [0.1, 0.15) is 11.1 Å². The molecule has 0 N–H and O–H groups in total. The summed E-state index contributed by atoms with van der Waals surface area (Å²) in [5.74, 6) is 1.02. The van der Waals surface area contributed by atoms with Gasteiger partial charge in [0.15, 0.2) is 11.0 Å². The third kappa shape index (κ3) is 3.41. The van der Waals surface area contributed by atoms with Crippen LogP contribution in [-0.4, -0.2) is 14.8 Å². The molecule has 0 aliphatic carbocycles. The molecular weight excluding hydrogens is 321 g/mol. The number of aromatic nitrogens is 3. The minimum Gasteiger partial charge on any atom is -0.298 e. The molecule has 0 saturated carbocycles. The van der Waals surface area contributed by atoms with E-state index in [1.807, 2.05) is 16.7 Å². The lowest BCUT2D eigenvalue weighted by molar-refractivity contribution is 0.626. The SMILES string of the molecule is C=CCn1c(SCc2ccccc2C)nnc1-c1ccccc1F. The molecule has 0 spiro atoms. The van der Waals surface area contributed by atoms with Crippen molar-refractivity contribution in [1.82, 2.24) is 14.8 Å². The highest BCUT2D eigenvalue weighted by molar-refractivity contribution is 7.98. The van der Waals surface area contributed by atoms with Crippen LogP contribution in [0.5, 0.6) is 0 Å². The summed E-state index contributed by atoms with van der Waals surface area (Å²) in [7, 11) is 0. The molecule has 3 nitrogen and oxygen atoms in total. The van der Waals surface area contributed by atoms with Gasteiger partial charge >= 0.3 is 0 Å². The van der Waals surface area contributed by atoms with Crippen molar-refractivity contribution in [2.75, 3.05) is 0 Å². The van der Waals surface area contributed by atoms with Gasteiger partial charge in [0.05, 0.1) is 5.56 Å². The maximum atomic E-state index is 14.1. The summed E-state index contributed by atoms with van der Waals surface area (Å²) in [5.41, 5.74) is 2.95. The quantitative estimate of drug-likeness (QED) is 0.474. The van der Waals surface area contributed by atoms with Crippen molar-refractivity contribution in [2.45, 2.75) is 24.4 Å². The summed E-state index contributed by atoms with van der Waals surface area (Å²) in [6.07, 6.45) is 1.77. The van der Waals surface area contributed by atoms with Gasteiger partial charge in [-0.25, -0.2) is 4.39 Å². The van der Waals surface area contributed by atoms with Crippen molar-refractivity contribution < 1.29 is 4.39 Å². The Morgan fingerprint density at radius 3 is 2.62 bits per heavy atom. The van der Waals surface area contributed by atoms with Gasteiger partial charge in [-0.3, -0.25) is 4.57 Å². The largest absolute Gasteiger partial charge is 0.298 e. The summed E-state index contributed by atoms with van der Waals surface area (Å²) in [5, 5.41) is 9.22. The second-order valence-electron chi connectivity index (χ2n) is 5.40. The molecule has 0 aliphatic rings. The van der Waals surface area contributed by atoms with Crippen LogP contribution in [-0.2, 0) is 12.3 Å². The minimum atomic E-state index is -0.300. The Morgan fingerprint density at radius 1 is 1.12 bits per heavy atom. The molecule has 0 amide bonds. The van der Waals surface area contributed by atoms with Crippen LogP contribution in [0.3, 0.4) is 0 Å². The van der Waals surface area contributed by atoms with E-state index < -0.39 is 0 Å². The van der Waals surface area contributed by atoms with Crippen LogP contribution in [0.2, 0.25) is 0 Å². The molecule has 0 atom stereocenters. The van der Waals surface area contributed by atoms with Crippen molar-refractivity contribution in [2.24, 2.45) is 0 Å². The maximum Gasteiger partial charge on any atom is 0.192 e. The predicted molar refractivity (Wildman–Crippen MR) is 96.4 cm³/mol. The fraction of sp³-hybridized carbons (Fsp3) is 0.158. The van der Waals surface area contributed by atoms with E-state index in [0.717, 1.165) is 10.9 Å². The van der Waals surface area contributed by atoms with E-state index in [2.05, 4.69) is 35.8 Å². The molecule has 5 heteroatoms. The average molecular weight is 339 g/mol. The van der Waals surface area contributed by atoms with Crippen LogP contribution in [0.25, 0.3) is 11.4 Å². The first-order valence-electron chi connectivity index (χ1n) is 7.67. The van der Waals surface area contributed by atoms with E-state index >= 15 is 0 Å². The fourth-order valence-electron chi connectivity index (χ4n) is 2.45. The lowest BCUT2D eigenvalue weighted by Crippen LogP contribution is -2.02. The fourth-order valence-corrected chi connectivity index (χ4v) is 3.47. The molecule has 0 aliphatic heterocycles. The molecule has 122 valence electrons. The van der Waals surface area contributed by atoms with Gasteiger partial charge in [-0.05, 0) is 30.2 Å². The summed E-state index contributed by atoms with van der Waals surface area (Å²) in [4.78, 5) is 0. The Kier molecular flexibility index (Phi) is 5.11. The first kappa shape index (κ1) is 16.5. The second kappa shape index (κ2) is 7.45. The third-order valence-corrected chi connectivity index (χ3v) is 4.78. The zero-order valence-electron chi connectivity index (χ0n) is 13.4. The topological polar surface area (TPSA) is 30.7 Å². The molecule has 0 fully saturated rings. The number of allylic oxidation sites excluding steroid dienone is 1. The highest BCUT2D eigenvalue weighted by Gasteiger charge is 2.16. The monoisotopic (exact) mass is 339 g/mol. The summed E-state index contributed by atoms with van der Waals surface area (Å²) >= 11 is 1.59. The number of benzene rings is 2. The average Bonchev–Trinajstić information content (AvgIpc) is 2.98. The lowest BCUT2D eigenvalue weighted by Gasteiger charge is -2.09. The van der Waals surface area contributed by atoms with Crippen molar-refractivity contribution >= 4 is 11.8 Å². The van der Waals surface area contributed by atoms with Crippen LogP contribution in [0.4, 0.5) is 4.39 Å². The number of thioether (sulfide) groups is 1. The van der Waals surface area contributed by atoms with E-state index in [1.54, 1.807) is 36.0 Å². The molecule has 3 aromatic rings. The number of nitrogens with zero attached hydrogens (tertiary/aromatic N) is 3. The number of rotatable bonds is 6. The van der Waals surface area contributed by atoms with Crippen LogP contribution in [0.15, 0.2) is 66.3 Å². The van der Waals surface area contributed by atoms with Gasteiger partial charge < -0.3 is 0 Å². The normalized spacial score (nSPS) is 10.8. The van der Waals surface area contributed by atoms with Gasteiger partial charge in [0.2, 0.25) is 0 Å². The Hall–Kier alpha value is -2.40.